The van der Waals surface area contributed by atoms with Gasteiger partial charge in [0, 0.05) is 25.2 Å². The molecule has 3 nitrogen and oxygen atoms in total. The molecule has 0 radical (unpaired) electrons. The summed E-state index contributed by atoms with van der Waals surface area (Å²) < 4.78 is 5.26. The Labute approximate surface area is 93.2 Å². The molecule has 1 N–H and O–H groups in total. The van der Waals surface area contributed by atoms with E-state index in [1.54, 1.807) is 7.11 Å². The molecule has 0 saturated carbocycles. The maximum absolute atomic E-state index is 5.26. The van der Waals surface area contributed by atoms with E-state index < -0.39 is 0 Å². The summed E-state index contributed by atoms with van der Waals surface area (Å²) in [4.78, 5) is 2.65. The van der Waals surface area contributed by atoms with Gasteiger partial charge in [0.25, 0.3) is 0 Å². The Morgan fingerprint density at radius 2 is 2.27 bits per heavy atom. The van der Waals surface area contributed by atoms with Crippen molar-refractivity contribution in [2.24, 2.45) is 0 Å². The molecule has 0 spiro atoms. The van der Waals surface area contributed by atoms with Crippen LogP contribution < -0.4 is 5.32 Å². The predicted molar refractivity (Wildman–Crippen MR) is 62.1 cm³/mol. The molecule has 2 aliphatic heterocycles. The zero-order valence-corrected chi connectivity index (χ0v) is 10.0. The van der Waals surface area contributed by atoms with Gasteiger partial charge in [-0.25, -0.2) is 0 Å². The van der Waals surface area contributed by atoms with Crippen LogP contribution in [0.25, 0.3) is 0 Å². The maximum atomic E-state index is 5.26. The van der Waals surface area contributed by atoms with Gasteiger partial charge in [-0.3, -0.25) is 4.90 Å². The third kappa shape index (κ3) is 2.52. The molecule has 0 amide bonds. The monoisotopic (exact) mass is 212 g/mol. The molecule has 15 heavy (non-hydrogen) atoms. The Kier molecular flexibility index (Phi) is 4.00. The van der Waals surface area contributed by atoms with Crippen molar-refractivity contribution in [3.8, 4) is 0 Å². The molecule has 3 unspecified atom stereocenters. The summed E-state index contributed by atoms with van der Waals surface area (Å²) in [6.07, 6.45) is 5.44. The molecule has 0 aromatic rings. The lowest BCUT2D eigenvalue weighted by molar-refractivity contribution is 0.0815. The molecule has 3 heteroatoms. The van der Waals surface area contributed by atoms with Crippen LogP contribution >= 0.6 is 0 Å². The van der Waals surface area contributed by atoms with Crippen LogP contribution in [0.2, 0.25) is 0 Å². The summed E-state index contributed by atoms with van der Waals surface area (Å²) >= 11 is 0. The third-order valence-electron chi connectivity index (χ3n) is 3.88. The van der Waals surface area contributed by atoms with Crippen molar-refractivity contribution in [2.75, 3.05) is 26.8 Å². The molecule has 0 bridgehead atoms. The van der Waals surface area contributed by atoms with Crippen molar-refractivity contribution in [1.82, 2.24) is 10.2 Å². The fourth-order valence-electron chi connectivity index (χ4n) is 3.17. The number of nitrogens with one attached hydrogen (secondary N) is 1. The van der Waals surface area contributed by atoms with E-state index in [-0.39, 0.29) is 0 Å². The Bertz CT molecular complexity index is 192. The molecule has 2 heterocycles. The standard InChI is InChI=1S/C12H24N2O/c1-10(9-15-2)14-8-4-6-12(14)11-5-3-7-13-11/h10-13H,3-9H2,1-2H3. The first kappa shape index (κ1) is 11.4. The van der Waals surface area contributed by atoms with E-state index >= 15 is 0 Å². The van der Waals surface area contributed by atoms with Crippen LogP contribution in [0, 0.1) is 0 Å². The second-order valence-electron chi connectivity index (χ2n) is 4.95. The number of nitrogens with zero attached hydrogens (tertiary/aromatic N) is 1. The molecular formula is C12H24N2O. The van der Waals surface area contributed by atoms with E-state index in [2.05, 4.69) is 17.1 Å². The zero-order chi connectivity index (χ0) is 10.7. The van der Waals surface area contributed by atoms with Crippen LogP contribution in [-0.4, -0.2) is 49.8 Å². The predicted octanol–water partition coefficient (Wildman–Crippen LogP) is 1.24. The maximum Gasteiger partial charge on any atom is 0.0615 e. The summed E-state index contributed by atoms with van der Waals surface area (Å²) in [5.74, 6) is 0. The van der Waals surface area contributed by atoms with Crippen LogP contribution in [0.15, 0.2) is 0 Å². The number of hydrogen-bond donors (Lipinski definition) is 1. The van der Waals surface area contributed by atoms with Crippen molar-refractivity contribution in [2.45, 2.75) is 50.7 Å². The average Bonchev–Trinajstić information content (AvgIpc) is 2.88. The van der Waals surface area contributed by atoms with Gasteiger partial charge in [-0.05, 0) is 45.7 Å². The molecule has 3 atom stereocenters. The highest BCUT2D eigenvalue weighted by Crippen LogP contribution is 2.26. The summed E-state index contributed by atoms with van der Waals surface area (Å²) in [5, 5.41) is 3.64. The summed E-state index contributed by atoms with van der Waals surface area (Å²) in [6.45, 7) is 5.63. The van der Waals surface area contributed by atoms with Crippen LogP contribution in [0.5, 0.6) is 0 Å². The topological polar surface area (TPSA) is 24.5 Å². The van der Waals surface area contributed by atoms with Crippen LogP contribution in [-0.2, 0) is 4.74 Å². The first-order chi connectivity index (χ1) is 7.33. The van der Waals surface area contributed by atoms with Crippen molar-refractivity contribution < 1.29 is 4.74 Å². The van der Waals surface area contributed by atoms with E-state index in [1.807, 2.05) is 0 Å². The highest BCUT2D eigenvalue weighted by atomic mass is 16.5. The van der Waals surface area contributed by atoms with Gasteiger partial charge in [0.2, 0.25) is 0 Å². The van der Waals surface area contributed by atoms with Crippen molar-refractivity contribution in [1.29, 1.82) is 0 Å². The fourth-order valence-corrected chi connectivity index (χ4v) is 3.17. The summed E-state index contributed by atoms with van der Waals surface area (Å²) in [5.41, 5.74) is 0. The van der Waals surface area contributed by atoms with Gasteiger partial charge in [-0.1, -0.05) is 0 Å². The number of hydrogen-bond acceptors (Lipinski definition) is 3. The van der Waals surface area contributed by atoms with E-state index in [4.69, 9.17) is 4.74 Å². The molecule has 2 aliphatic rings. The van der Waals surface area contributed by atoms with E-state index in [1.165, 1.54) is 38.8 Å². The molecule has 2 saturated heterocycles. The lowest BCUT2D eigenvalue weighted by atomic mass is 10.0. The van der Waals surface area contributed by atoms with Crippen molar-refractivity contribution in [3.05, 3.63) is 0 Å². The molecule has 0 aromatic carbocycles. The molecule has 2 fully saturated rings. The van der Waals surface area contributed by atoms with Crippen LogP contribution in [0.4, 0.5) is 0 Å². The third-order valence-corrected chi connectivity index (χ3v) is 3.88. The van der Waals surface area contributed by atoms with Gasteiger partial charge >= 0.3 is 0 Å². The second kappa shape index (κ2) is 5.28. The van der Waals surface area contributed by atoms with Crippen molar-refractivity contribution >= 4 is 0 Å². The number of likely N-dealkylation sites (tertiary alicyclic amines) is 1. The second-order valence-corrected chi connectivity index (χ2v) is 4.95. The van der Waals surface area contributed by atoms with Gasteiger partial charge in [-0.15, -0.1) is 0 Å². The fraction of sp³-hybridized carbons (Fsp3) is 1.00. The van der Waals surface area contributed by atoms with Gasteiger partial charge < -0.3 is 10.1 Å². The summed E-state index contributed by atoms with van der Waals surface area (Å²) in [6, 6.07) is 2.08. The van der Waals surface area contributed by atoms with Crippen LogP contribution in [0.1, 0.15) is 32.6 Å². The number of methoxy groups -OCH3 is 1. The van der Waals surface area contributed by atoms with E-state index in [0.29, 0.717) is 6.04 Å². The molecule has 88 valence electrons. The quantitative estimate of drug-likeness (QED) is 0.759. The van der Waals surface area contributed by atoms with E-state index in [0.717, 1.165) is 18.7 Å². The first-order valence-corrected chi connectivity index (χ1v) is 6.31. The minimum atomic E-state index is 0.574. The van der Waals surface area contributed by atoms with Gasteiger partial charge in [0.05, 0.1) is 6.61 Å². The van der Waals surface area contributed by atoms with Gasteiger partial charge in [0.1, 0.15) is 0 Å². The lowest BCUT2D eigenvalue weighted by Crippen LogP contribution is -2.48. The molecule has 0 aliphatic carbocycles. The highest BCUT2D eigenvalue weighted by Gasteiger charge is 2.35. The van der Waals surface area contributed by atoms with E-state index in [9.17, 15) is 0 Å². The normalized spacial score (nSPS) is 34.8. The number of ether oxygens (including phenoxy) is 1. The SMILES string of the molecule is COCC(C)N1CCCC1C1CCCN1. The molecule has 0 aromatic heterocycles. The average molecular weight is 212 g/mol. The minimum absolute atomic E-state index is 0.574. The first-order valence-electron chi connectivity index (χ1n) is 6.31. The number of rotatable bonds is 4. The van der Waals surface area contributed by atoms with Crippen LogP contribution in [0.3, 0.4) is 0 Å². The Hall–Kier alpha value is -0.120. The Morgan fingerprint density at radius 3 is 2.93 bits per heavy atom. The lowest BCUT2D eigenvalue weighted by Gasteiger charge is -2.33. The largest absolute Gasteiger partial charge is 0.383 e. The van der Waals surface area contributed by atoms with Gasteiger partial charge in [0.15, 0.2) is 0 Å². The van der Waals surface area contributed by atoms with Gasteiger partial charge in [-0.2, -0.15) is 0 Å². The Balaban J connectivity index is 1.91. The smallest absolute Gasteiger partial charge is 0.0615 e. The Morgan fingerprint density at radius 1 is 1.40 bits per heavy atom. The summed E-state index contributed by atoms with van der Waals surface area (Å²) in [7, 11) is 1.80. The van der Waals surface area contributed by atoms with Crippen molar-refractivity contribution in [3.63, 3.8) is 0 Å². The minimum Gasteiger partial charge on any atom is -0.383 e. The zero-order valence-electron chi connectivity index (χ0n) is 10.0. The highest BCUT2D eigenvalue weighted by molar-refractivity contribution is 4.93. The molecule has 2 rings (SSSR count). The molecular weight excluding hydrogens is 188 g/mol.